The van der Waals surface area contributed by atoms with E-state index in [0.29, 0.717) is 31.1 Å². The summed E-state index contributed by atoms with van der Waals surface area (Å²) in [7, 11) is 0. The van der Waals surface area contributed by atoms with E-state index in [4.69, 9.17) is 4.74 Å². The van der Waals surface area contributed by atoms with E-state index >= 15 is 0 Å². The van der Waals surface area contributed by atoms with Crippen LogP contribution >= 0.6 is 0 Å². The number of fused-ring (bicyclic) bond motifs is 1. The van der Waals surface area contributed by atoms with E-state index < -0.39 is 5.82 Å². The van der Waals surface area contributed by atoms with Crippen molar-refractivity contribution in [3.05, 3.63) is 71.3 Å². The van der Waals surface area contributed by atoms with Gasteiger partial charge in [-0.05, 0) is 24.3 Å². The average molecular weight is 353 g/mol. The molecular formula is C18H16FN5O2. The van der Waals surface area contributed by atoms with Gasteiger partial charge in [0.1, 0.15) is 23.9 Å². The number of rotatable bonds is 5. The van der Waals surface area contributed by atoms with E-state index in [1.807, 2.05) is 6.07 Å². The van der Waals surface area contributed by atoms with Crippen molar-refractivity contribution < 1.29 is 13.9 Å². The Hall–Kier alpha value is -3.29. The molecule has 1 N–H and O–H groups in total. The molecule has 26 heavy (non-hydrogen) atoms. The SMILES string of the molecule is O=C(Cc1ccc(F)cn1)N1Cc2[nH]nc(COc3cccnc3)c2C1. The lowest BCUT2D eigenvalue weighted by Crippen LogP contribution is -2.27. The van der Waals surface area contributed by atoms with Crippen LogP contribution in [-0.2, 0) is 30.9 Å². The van der Waals surface area contributed by atoms with Gasteiger partial charge in [-0.15, -0.1) is 0 Å². The van der Waals surface area contributed by atoms with Crippen molar-refractivity contribution in [2.24, 2.45) is 0 Å². The molecule has 0 bridgehead atoms. The predicted octanol–water partition coefficient (Wildman–Crippen LogP) is 2.00. The fraction of sp³-hybridized carbons (Fsp3) is 0.222. The van der Waals surface area contributed by atoms with Crippen molar-refractivity contribution in [2.45, 2.75) is 26.1 Å². The first-order valence-electron chi connectivity index (χ1n) is 8.15. The van der Waals surface area contributed by atoms with Gasteiger partial charge >= 0.3 is 0 Å². The molecule has 0 aromatic carbocycles. The fourth-order valence-corrected chi connectivity index (χ4v) is 2.86. The van der Waals surface area contributed by atoms with Crippen molar-refractivity contribution in [1.82, 2.24) is 25.1 Å². The lowest BCUT2D eigenvalue weighted by atomic mass is 10.2. The van der Waals surface area contributed by atoms with Crippen LogP contribution in [0.5, 0.6) is 5.75 Å². The Morgan fingerprint density at radius 2 is 2.19 bits per heavy atom. The summed E-state index contributed by atoms with van der Waals surface area (Å²) >= 11 is 0. The number of amides is 1. The molecule has 0 fully saturated rings. The maximum atomic E-state index is 12.9. The van der Waals surface area contributed by atoms with Gasteiger partial charge in [0.2, 0.25) is 5.91 Å². The third-order valence-corrected chi connectivity index (χ3v) is 4.22. The van der Waals surface area contributed by atoms with Crippen molar-refractivity contribution in [3.8, 4) is 5.75 Å². The molecule has 3 aromatic rings. The van der Waals surface area contributed by atoms with Crippen LogP contribution < -0.4 is 4.74 Å². The zero-order valence-electron chi connectivity index (χ0n) is 13.9. The van der Waals surface area contributed by atoms with Crippen LogP contribution in [0.2, 0.25) is 0 Å². The number of aromatic nitrogens is 4. The van der Waals surface area contributed by atoms with Crippen LogP contribution in [0.15, 0.2) is 42.9 Å². The zero-order chi connectivity index (χ0) is 17.9. The molecule has 4 rings (SSSR count). The summed E-state index contributed by atoms with van der Waals surface area (Å²) in [6.07, 6.45) is 4.57. The van der Waals surface area contributed by atoms with Crippen molar-refractivity contribution >= 4 is 5.91 Å². The third kappa shape index (κ3) is 3.39. The summed E-state index contributed by atoms with van der Waals surface area (Å²) in [6, 6.07) is 6.46. The van der Waals surface area contributed by atoms with Crippen LogP contribution in [0.3, 0.4) is 0 Å². The molecule has 0 saturated carbocycles. The number of ether oxygens (including phenoxy) is 1. The van der Waals surface area contributed by atoms with Gasteiger partial charge in [0.25, 0.3) is 0 Å². The predicted molar refractivity (Wildman–Crippen MR) is 89.3 cm³/mol. The molecule has 0 radical (unpaired) electrons. The number of nitrogens with zero attached hydrogens (tertiary/aromatic N) is 4. The molecule has 0 atom stereocenters. The molecule has 7 nitrogen and oxygen atoms in total. The van der Waals surface area contributed by atoms with Gasteiger partial charge in [-0.2, -0.15) is 5.10 Å². The Bertz CT molecular complexity index is 911. The van der Waals surface area contributed by atoms with Crippen molar-refractivity contribution in [2.75, 3.05) is 0 Å². The van der Waals surface area contributed by atoms with Crippen LogP contribution in [0, 0.1) is 5.82 Å². The molecule has 1 aliphatic heterocycles. The lowest BCUT2D eigenvalue weighted by Gasteiger charge is -2.15. The number of hydrogen-bond donors (Lipinski definition) is 1. The highest BCUT2D eigenvalue weighted by molar-refractivity contribution is 5.79. The van der Waals surface area contributed by atoms with Crippen LogP contribution in [-0.4, -0.2) is 31.0 Å². The maximum Gasteiger partial charge on any atom is 0.229 e. The Kier molecular flexibility index (Phi) is 4.30. The highest BCUT2D eigenvalue weighted by atomic mass is 19.1. The number of carbonyl (C=O) groups is 1. The Balaban J connectivity index is 1.38. The minimum absolute atomic E-state index is 0.0622. The first-order valence-corrected chi connectivity index (χ1v) is 8.15. The Morgan fingerprint density at radius 3 is 2.96 bits per heavy atom. The second-order valence-electron chi connectivity index (χ2n) is 6.00. The standard InChI is InChI=1S/C18H16FN5O2/c19-12-3-4-13(21-7-12)6-18(25)24-9-15-16(10-24)22-23-17(15)11-26-14-2-1-5-20-8-14/h1-5,7-8H,6,9-11H2,(H,22,23). The molecule has 8 heteroatoms. The first kappa shape index (κ1) is 16.2. The maximum absolute atomic E-state index is 12.9. The first-order chi connectivity index (χ1) is 12.7. The average Bonchev–Trinajstić information content (AvgIpc) is 3.24. The molecule has 0 spiro atoms. The summed E-state index contributed by atoms with van der Waals surface area (Å²) in [5, 5.41) is 7.25. The molecule has 0 unspecified atom stereocenters. The second kappa shape index (κ2) is 6.91. The topological polar surface area (TPSA) is 84.0 Å². The number of pyridine rings is 2. The van der Waals surface area contributed by atoms with Gasteiger partial charge in [-0.3, -0.25) is 19.9 Å². The number of aromatic amines is 1. The number of nitrogens with one attached hydrogen (secondary N) is 1. The van der Waals surface area contributed by atoms with Gasteiger partial charge in [0, 0.05) is 24.0 Å². The van der Waals surface area contributed by atoms with E-state index in [1.165, 1.54) is 12.1 Å². The minimum Gasteiger partial charge on any atom is -0.486 e. The number of H-pyrrole nitrogens is 1. The van der Waals surface area contributed by atoms with Crippen molar-refractivity contribution in [3.63, 3.8) is 0 Å². The molecule has 1 amide bonds. The third-order valence-electron chi connectivity index (χ3n) is 4.22. The Labute approximate surface area is 148 Å². The summed E-state index contributed by atoms with van der Waals surface area (Å²) < 4.78 is 18.6. The quantitative estimate of drug-likeness (QED) is 0.758. The monoisotopic (exact) mass is 353 g/mol. The minimum atomic E-state index is -0.415. The van der Waals surface area contributed by atoms with E-state index in [1.54, 1.807) is 23.4 Å². The molecule has 0 aliphatic carbocycles. The number of hydrogen-bond acceptors (Lipinski definition) is 5. The van der Waals surface area contributed by atoms with E-state index in [0.717, 1.165) is 23.1 Å². The van der Waals surface area contributed by atoms with Gasteiger partial charge in [0.15, 0.2) is 0 Å². The van der Waals surface area contributed by atoms with E-state index in [9.17, 15) is 9.18 Å². The normalized spacial score (nSPS) is 12.9. The molecule has 4 heterocycles. The van der Waals surface area contributed by atoms with Crippen LogP contribution in [0.25, 0.3) is 0 Å². The summed E-state index contributed by atoms with van der Waals surface area (Å²) in [5.41, 5.74) is 3.22. The lowest BCUT2D eigenvalue weighted by molar-refractivity contribution is -0.131. The largest absolute Gasteiger partial charge is 0.486 e. The smallest absolute Gasteiger partial charge is 0.229 e. The molecular weight excluding hydrogens is 337 g/mol. The van der Waals surface area contributed by atoms with Gasteiger partial charge in [-0.1, -0.05) is 0 Å². The zero-order valence-corrected chi connectivity index (χ0v) is 13.9. The summed E-state index contributed by atoms with van der Waals surface area (Å²) in [5.74, 6) is 0.187. The highest BCUT2D eigenvalue weighted by Gasteiger charge is 2.28. The molecule has 132 valence electrons. The second-order valence-corrected chi connectivity index (χ2v) is 6.00. The number of carbonyl (C=O) groups excluding carboxylic acids is 1. The number of halogens is 1. The summed E-state index contributed by atoms with van der Waals surface area (Å²) in [4.78, 5) is 22.1. The van der Waals surface area contributed by atoms with E-state index in [2.05, 4.69) is 20.2 Å². The summed E-state index contributed by atoms with van der Waals surface area (Å²) in [6.45, 7) is 1.24. The van der Waals surface area contributed by atoms with Gasteiger partial charge in [-0.25, -0.2) is 4.39 Å². The highest BCUT2D eigenvalue weighted by Crippen LogP contribution is 2.25. The van der Waals surface area contributed by atoms with Crippen LogP contribution in [0.4, 0.5) is 4.39 Å². The Morgan fingerprint density at radius 1 is 1.27 bits per heavy atom. The molecule has 3 aromatic heterocycles. The van der Waals surface area contributed by atoms with Crippen molar-refractivity contribution in [1.29, 1.82) is 0 Å². The molecule has 0 saturated heterocycles. The van der Waals surface area contributed by atoms with Gasteiger partial charge < -0.3 is 9.64 Å². The van der Waals surface area contributed by atoms with Crippen LogP contribution in [0.1, 0.15) is 22.6 Å². The molecule has 1 aliphatic rings. The van der Waals surface area contributed by atoms with Gasteiger partial charge in [0.05, 0.1) is 31.1 Å². The van der Waals surface area contributed by atoms with E-state index in [-0.39, 0.29) is 12.3 Å². The fourth-order valence-electron chi connectivity index (χ4n) is 2.86.